The number of sulfonamides is 1. The van der Waals surface area contributed by atoms with E-state index in [0.29, 0.717) is 22.9 Å². The lowest BCUT2D eigenvalue weighted by Gasteiger charge is -2.24. The molecule has 1 amide bonds. The Morgan fingerprint density at radius 1 is 1.03 bits per heavy atom. The number of amides is 1. The van der Waals surface area contributed by atoms with Crippen LogP contribution in [-0.2, 0) is 10.0 Å². The quantitative estimate of drug-likeness (QED) is 0.431. The fourth-order valence-corrected chi connectivity index (χ4v) is 4.93. The van der Waals surface area contributed by atoms with Crippen molar-refractivity contribution in [1.82, 2.24) is 0 Å². The molecule has 0 unspecified atom stereocenters. The summed E-state index contributed by atoms with van der Waals surface area (Å²) in [5.41, 5.74) is 0.957. The van der Waals surface area contributed by atoms with E-state index < -0.39 is 15.9 Å². The molecular weight excluding hydrogens is 464 g/mol. The molecule has 0 fully saturated rings. The lowest BCUT2D eigenvalue weighted by Crippen LogP contribution is -2.31. The number of halogens is 1. The van der Waals surface area contributed by atoms with Crippen molar-refractivity contribution in [2.24, 2.45) is 0 Å². The van der Waals surface area contributed by atoms with E-state index in [4.69, 9.17) is 21.1 Å². The summed E-state index contributed by atoms with van der Waals surface area (Å²) in [5.74, 6) is 0.490. The minimum atomic E-state index is -4.03. The summed E-state index contributed by atoms with van der Waals surface area (Å²) in [6.07, 6.45) is 1.47. The van der Waals surface area contributed by atoms with Gasteiger partial charge in [0.15, 0.2) is 11.5 Å². The first-order chi connectivity index (χ1) is 15.8. The average molecular weight is 487 g/mol. The van der Waals surface area contributed by atoms with E-state index in [1.54, 1.807) is 42.5 Å². The summed E-state index contributed by atoms with van der Waals surface area (Å²) in [6.45, 7) is 3.66. The molecule has 0 atom stereocenters. The Balaban J connectivity index is 1.92. The van der Waals surface area contributed by atoms with Crippen molar-refractivity contribution in [2.45, 2.75) is 4.90 Å². The van der Waals surface area contributed by atoms with Crippen molar-refractivity contribution in [1.29, 1.82) is 0 Å². The van der Waals surface area contributed by atoms with Gasteiger partial charge in [0.2, 0.25) is 0 Å². The van der Waals surface area contributed by atoms with Gasteiger partial charge in [0.1, 0.15) is 0 Å². The number of ether oxygens (including phenoxy) is 2. The smallest absolute Gasteiger partial charge is 0.264 e. The van der Waals surface area contributed by atoms with Gasteiger partial charge in [0, 0.05) is 17.3 Å². The van der Waals surface area contributed by atoms with Gasteiger partial charge in [-0.1, -0.05) is 35.9 Å². The molecule has 3 aromatic rings. The number of carbonyl (C=O) groups excluding carboxylic acids is 1. The fraction of sp³-hybridized carbons (Fsp3) is 0.125. The van der Waals surface area contributed by atoms with Crippen LogP contribution in [0.15, 0.2) is 84.3 Å². The second kappa shape index (κ2) is 10.4. The Labute approximate surface area is 198 Å². The molecule has 0 aliphatic rings. The van der Waals surface area contributed by atoms with Gasteiger partial charge in [-0.25, -0.2) is 8.42 Å². The molecule has 0 aromatic heterocycles. The summed E-state index contributed by atoms with van der Waals surface area (Å²) >= 11 is 6.24. The maximum absolute atomic E-state index is 13.4. The van der Waals surface area contributed by atoms with Crippen molar-refractivity contribution in [3.8, 4) is 11.5 Å². The molecular formula is C24H23ClN2O5S. The predicted molar refractivity (Wildman–Crippen MR) is 130 cm³/mol. The van der Waals surface area contributed by atoms with Crippen LogP contribution in [0, 0.1) is 0 Å². The molecule has 1 N–H and O–H groups in total. The van der Waals surface area contributed by atoms with Crippen LogP contribution in [0.4, 0.5) is 11.4 Å². The highest BCUT2D eigenvalue weighted by atomic mass is 35.5. The van der Waals surface area contributed by atoms with Gasteiger partial charge in [-0.05, 0) is 42.5 Å². The normalized spacial score (nSPS) is 10.9. The van der Waals surface area contributed by atoms with Crippen LogP contribution in [0.2, 0.25) is 5.02 Å². The van der Waals surface area contributed by atoms with Crippen molar-refractivity contribution in [2.75, 3.05) is 30.4 Å². The fourth-order valence-electron chi connectivity index (χ4n) is 3.14. The molecule has 9 heteroatoms. The lowest BCUT2D eigenvalue weighted by atomic mass is 10.2. The number of nitrogens with one attached hydrogen (secondary N) is 1. The molecule has 172 valence electrons. The van der Waals surface area contributed by atoms with Gasteiger partial charge in [0.05, 0.1) is 36.4 Å². The lowest BCUT2D eigenvalue weighted by molar-refractivity contribution is 0.102. The largest absolute Gasteiger partial charge is 0.493 e. The molecule has 0 bridgehead atoms. The highest BCUT2D eigenvalue weighted by Crippen LogP contribution is 2.31. The molecule has 3 rings (SSSR count). The number of methoxy groups -OCH3 is 2. The number of anilines is 2. The van der Waals surface area contributed by atoms with Gasteiger partial charge in [-0.3, -0.25) is 9.10 Å². The SMILES string of the molecule is C=CCN(c1ccccc1Cl)S(=O)(=O)c1cccc(C(=O)Nc2ccc(OC)c(OC)c2)c1. The minimum absolute atomic E-state index is 0.00807. The zero-order valence-electron chi connectivity index (χ0n) is 18.1. The van der Waals surface area contributed by atoms with Crippen LogP contribution in [0.5, 0.6) is 11.5 Å². The number of hydrogen-bond acceptors (Lipinski definition) is 5. The zero-order chi connectivity index (χ0) is 24.0. The van der Waals surface area contributed by atoms with E-state index in [1.165, 1.54) is 44.6 Å². The maximum Gasteiger partial charge on any atom is 0.264 e. The minimum Gasteiger partial charge on any atom is -0.493 e. The van der Waals surface area contributed by atoms with Crippen molar-refractivity contribution >= 4 is 38.9 Å². The standard InChI is InChI=1S/C24H23ClN2O5S/c1-4-14-27(21-11-6-5-10-20(21)25)33(29,30)19-9-7-8-17(15-19)24(28)26-18-12-13-22(31-2)23(16-18)32-3/h4-13,15-16H,1,14H2,2-3H3,(H,26,28). The van der Waals surface area contributed by atoms with Crippen LogP contribution in [0.25, 0.3) is 0 Å². The Morgan fingerprint density at radius 2 is 1.76 bits per heavy atom. The summed E-state index contributed by atoms with van der Waals surface area (Å²) < 4.78 is 38.4. The predicted octanol–water partition coefficient (Wildman–Crippen LogP) is 4.99. The summed E-state index contributed by atoms with van der Waals surface area (Å²) in [4.78, 5) is 12.8. The summed E-state index contributed by atoms with van der Waals surface area (Å²) in [5, 5.41) is 3.02. The van der Waals surface area contributed by atoms with Gasteiger partial charge in [-0.2, -0.15) is 0 Å². The molecule has 3 aromatic carbocycles. The zero-order valence-corrected chi connectivity index (χ0v) is 19.7. The molecule has 0 aliphatic heterocycles. The van der Waals surface area contributed by atoms with E-state index in [-0.39, 0.29) is 22.0 Å². The molecule has 0 aliphatic carbocycles. The molecule has 0 radical (unpaired) electrons. The molecule has 0 saturated heterocycles. The number of nitrogens with zero attached hydrogens (tertiary/aromatic N) is 1. The third kappa shape index (κ3) is 5.30. The van der Waals surface area contributed by atoms with E-state index in [2.05, 4.69) is 11.9 Å². The highest BCUT2D eigenvalue weighted by molar-refractivity contribution is 7.92. The average Bonchev–Trinajstić information content (AvgIpc) is 2.83. The van der Waals surface area contributed by atoms with Gasteiger partial charge >= 0.3 is 0 Å². The molecule has 0 heterocycles. The number of rotatable bonds is 9. The van der Waals surface area contributed by atoms with E-state index in [1.807, 2.05) is 0 Å². The molecule has 0 spiro atoms. The Bertz CT molecular complexity index is 1280. The third-order valence-corrected chi connectivity index (χ3v) is 6.84. The monoisotopic (exact) mass is 486 g/mol. The van der Waals surface area contributed by atoms with E-state index >= 15 is 0 Å². The van der Waals surface area contributed by atoms with Crippen LogP contribution < -0.4 is 19.1 Å². The summed E-state index contributed by atoms with van der Waals surface area (Å²) in [7, 11) is -1.02. The molecule has 7 nitrogen and oxygen atoms in total. The van der Waals surface area contributed by atoms with Crippen LogP contribution in [0.1, 0.15) is 10.4 Å². The second-order valence-electron chi connectivity index (χ2n) is 6.83. The first kappa shape index (κ1) is 24.2. The topological polar surface area (TPSA) is 84.9 Å². The Hall–Kier alpha value is -3.49. The van der Waals surface area contributed by atoms with Gasteiger partial charge < -0.3 is 14.8 Å². The third-order valence-electron chi connectivity index (χ3n) is 4.74. The Kier molecular flexibility index (Phi) is 7.63. The van der Waals surface area contributed by atoms with E-state index in [9.17, 15) is 13.2 Å². The first-order valence-electron chi connectivity index (χ1n) is 9.83. The van der Waals surface area contributed by atoms with Crippen LogP contribution >= 0.6 is 11.6 Å². The maximum atomic E-state index is 13.4. The van der Waals surface area contributed by atoms with Gasteiger partial charge in [0.25, 0.3) is 15.9 Å². The van der Waals surface area contributed by atoms with E-state index in [0.717, 1.165) is 4.31 Å². The molecule has 33 heavy (non-hydrogen) atoms. The number of benzene rings is 3. The summed E-state index contributed by atoms with van der Waals surface area (Å²) in [6, 6.07) is 17.3. The second-order valence-corrected chi connectivity index (χ2v) is 9.10. The first-order valence-corrected chi connectivity index (χ1v) is 11.6. The van der Waals surface area contributed by atoms with Crippen molar-refractivity contribution < 1.29 is 22.7 Å². The van der Waals surface area contributed by atoms with Gasteiger partial charge in [-0.15, -0.1) is 6.58 Å². The Morgan fingerprint density at radius 3 is 2.42 bits per heavy atom. The van der Waals surface area contributed by atoms with Crippen molar-refractivity contribution in [3.05, 3.63) is 90.0 Å². The van der Waals surface area contributed by atoms with Crippen LogP contribution in [0.3, 0.4) is 0 Å². The molecule has 0 saturated carbocycles. The number of carbonyl (C=O) groups is 1. The number of hydrogen-bond donors (Lipinski definition) is 1. The van der Waals surface area contributed by atoms with Crippen molar-refractivity contribution in [3.63, 3.8) is 0 Å². The highest BCUT2D eigenvalue weighted by Gasteiger charge is 2.26. The van der Waals surface area contributed by atoms with Crippen LogP contribution in [-0.4, -0.2) is 35.1 Å². The number of para-hydroxylation sites is 1.